The Morgan fingerprint density at radius 2 is 1.61 bits per heavy atom. The summed E-state index contributed by atoms with van der Waals surface area (Å²) in [7, 11) is 5.99. The number of aromatic nitrogens is 1. The van der Waals surface area contributed by atoms with Gasteiger partial charge in [-0.05, 0) is 42.5 Å². The number of nitrogens with zero attached hydrogens (tertiary/aromatic N) is 2. The molecule has 0 spiro atoms. The summed E-state index contributed by atoms with van der Waals surface area (Å²) in [5.41, 5.74) is 7.80. The van der Waals surface area contributed by atoms with E-state index in [9.17, 15) is 14.9 Å². The molecule has 1 unspecified atom stereocenters. The quantitative estimate of drug-likeness (QED) is 0.288. The summed E-state index contributed by atoms with van der Waals surface area (Å²) in [6, 6.07) is 19.7. The summed E-state index contributed by atoms with van der Waals surface area (Å²) in [6.07, 6.45) is 1.64. The molecule has 44 heavy (non-hydrogen) atoms. The molecule has 12 heteroatoms. The molecule has 0 saturated carbocycles. The Morgan fingerprint density at radius 3 is 2.23 bits per heavy atom. The molecule has 3 aromatic carbocycles. The third-order valence-electron chi connectivity index (χ3n) is 7.08. The van der Waals surface area contributed by atoms with Gasteiger partial charge in [0.15, 0.2) is 23.0 Å². The van der Waals surface area contributed by atoms with Crippen LogP contribution in [0.25, 0.3) is 17.5 Å². The second-order valence-corrected chi connectivity index (χ2v) is 11.4. The molecule has 1 aliphatic rings. The predicted octanol–water partition coefficient (Wildman–Crippen LogP) is 3.77. The van der Waals surface area contributed by atoms with E-state index in [2.05, 4.69) is 27.3 Å². The number of nitriles is 1. The molecule has 2 heterocycles. The van der Waals surface area contributed by atoms with Gasteiger partial charge in [-0.1, -0.05) is 40.2 Å². The van der Waals surface area contributed by atoms with Crippen molar-refractivity contribution in [3.63, 3.8) is 0 Å². The number of fused-ring (bicyclic) bond motifs is 1. The highest BCUT2D eigenvalue weighted by molar-refractivity contribution is 9.10. The number of nitrogens with two attached hydrogens (primary N) is 1. The smallest absolute Gasteiger partial charge is 0.274 e. The topological polar surface area (TPSA) is 138 Å². The summed E-state index contributed by atoms with van der Waals surface area (Å²) in [6.45, 7) is 0. The van der Waals surface area contributed by atoms with Crippen molar-refractivity contribution in [3.05, 3.63) is 101 Å². The normalized spacial score (nSPS) is 14.5. The van der Waals surface area contributed by atoms with E-state index in [-0.39, 0.29) is 26.2 Å². The van der Waals surface area contributed by atoms with Gasteiger partial charge in [0.05, 0.1) is 56.1 Å². The molecule has 0 bridgehead atoms. The van der Waals surface area contributed by atoms with Crippen molar-refractivity contribution in [1.29, 1.82) is 5.26 Å². The van der Waals surface area contributed by atoms with Gasteiger partial charge in [0.2, 0.25) is 0 Å². The third-order valence-corrected chi connectivity index (χ3v) is 8.72. The summed E-state index contributed by atoms with van der Waals surface area (Å²) < 4.78 is 24.8. The summed E-state index contributed by atoms with van der Waals surface area (Å²) in [4.78, 5) is 28.1. The number of rotatable bonds is 8. The van der Waals surface area contributed by atoms with Gasteiger partial charge in [0.25, 0.3) is 11.5 Å². The number of thiazole rings is 1. The highest BCUT2D eigenvalue weighted by atomic mass is 79.9. The zero-order valence-corrected chi connectivity index (χ0v) is 26.5. The van der Waals surface area contributed by atoms with Crippen molar-refractivity contribution in [1.82, 2.24) is 4.57 Å². The Kier molecular flexibility index (Phi) is 8.80. The average molecular weight is 676 g/mol. The Morgan fingerprint density at radius 1 is 0.977 bits per heavy atom. The van der Waals surface area contributed by atoms with E-state index in [0.717, 1.165) is 15.8 Å². The zero-order valence-electron chi connectivity index (χ0n) is 24.1. The van der Waals surface area contributed by atoms with E-state index in [1.807, 2.05) is 0 Å². The van der Waals surface area contributed by atoms with Crippen LogP contribution in [0.5, 0.6) is 23.0 Å². The molecule has 1 aliphatic heterocycles. The number of amides is 1. The number of nitrogens with one attached hydrogen (secondary N) is 1. The summed E-state index contributed by atoms with van der Waals surface area (Å²) in [5.74, 6) is 0.0525. The lowest BCUT2D eigenvalue weighted by Gasteiger charge is -2.27. The van der Waals surface area contributed by atoms with Crippen LogP contribution in [-0.4, -0.2) is 38.9 Å². The first kappa shape index (κ1) is 30.5. The fourth-order valence-electron chi connectivity index (χ4n) is 5.12. The van der Waals surface area contributed by atoms with Crippen LogP contribution in [0.4, 0.5) is 5.69 Å². The predicted molar refractivity (Wildman–Crippen MR) is 172 cm³/mol. The number of allylic oxidation sites excluding steroid dienone is 1. The van der Waals surface area contributed by atoms with Crippen LogP contribution in [0.3, 0.4) is 0 Å². The molecule has 0 saturated heterocycles. The van der Waals surface area contributed by atoms with Crippen LogP contribution in [0, 0.1) is 11.3 Å². The van der Waals surface area contributed by atoms with Gasteiger partial charge in [0, 0.05) is 21.3 Å². The zero-order chi connectivity index (χ0) is 31.5. The van der Waals surface area contributed by atoms with Crippen molar-refractivity contribution in [3.8, 4) is 29.1 Å². The Hall–Kier alpha value is -4.99. The van der Waals surface area contributed by atoms with E-state index in [1.54, 1.807) is 66.7 Å². The van der Waals surface area contributed by atoms with Crippen LogP contribution in [0.15, 0.2) is 75.5 Å². The minimum Gasteiger partial charge on any atom is -0.493 e. The second-order valence-electron chi connectivity index (χ2n) is 9.44. The Bertz CT molecular complexity index is 2030. The first-order chi connectivity index (χ1) is 21.3. The number of hydrogen-bond donors (Lipinski definition) is 2. The van der Waals surface area contributed by atoms with Gasteiger partial charge in [0.1, 0.15) is 10.5 Å². The number of ether oxygens (including phenoxy) is 4. The first-order valence-electron chi connectivity index (χ1n) is 13.1. The van der Waals surface area contributed by atoms with Crippen LogP contribution in [0.2, 0.25) is 0 Å². The van der Waals surface area contributed by atoms with Gasteiger partial charge < -0.3 is 30.0 Å². The van der Waals surface area contributed by atoms with Gasteiger partial charge in [-0.25, -0.2) is 0 Å². The lowest BCUT2D eigenvalue weighted by molar-refractivity contribution is -0.111. The van der Waals surface area contributed by atoms with Crippen LogP contribution in [0.1, 0.15) is 17.0 Å². The lowest BCUT2D eigenvalue weighted by Crippen LogP contribution is -2.40. The fourth-order valence-corrected chi connectivity index (χ4v) is 6.55. The van der Waals surface area contributed by atoms with Gasteiger partial charge >= 0.3 is 0 Å². The molecule has 0 fully saturated rings. The minimum atomic E-state index is -0.988. The van der Waals surface area contributed by atoms with Crippen molar-refractivity contribution < 1.29 is 23.7 Å². The number of carbonyl (C=O) groups is 1. The maximum absolute atomic E-state index is 14.2. The molecule has 1 atom stereocenters. The average Bonchev–Trinajstić information content (AvgIpc) is 3.36. The van der Waals surface area contributed by atoms with Gasteiger partial charge in [-0.3, -0.25) is 14.2 Å². The molecular formula is C32H27BrN4O6S. The largest absolute Gasteiger partial charge is 0.493 e. The highest BCUT2D eigenvalue weighted by Gasteiger charge is 2.38. The number of halogens is 1. The molecule has 0 radical (unpaired) electrons. The van der Waals surface area contributed by atoms with Crippen LogP contribution in [-0.2, 0) is 4.79 Å². The summed E-state index contributed by atoms with van der Waals surface area (Å²) in [5, 5.41) is 13.3. The standard InChI is InChI=1S/C32H27BrN4O6S/c1-40-22-9-5-7-17(27(22)42-3)15-24-31(39)37-29(35)21(16-34)25(20-8-6-10-23(41-2)28(20)43-4)26(32(37)44-24)30(38)36-19-13-11-18(33)12-14-19/h5-15,25H,35H2,1-4H3,(H,36,38)/b24-15-. The number of hydrogen-bond acceptors (Lipinski definition) is 9. The number of anilines is 1. The van der Waals surface area contributed by atoms with E-state index < -0.39 is 17.4 Å². The van der Waals surface area contributed by atoms with Crippen molar-refractivity contribution in [2.45, 2.75) is 5.92 Å². The highest BCUT2D eigenvalue weighted by Crippen LogP contribution is 2.44. The number of benzene rings is 3. The molecule has 5 rings (SSSR count). The fraction of sp³-hybridized carbons (Fsp3) is 0.156. The van der Waals surface area contributed by atoms with E-state index in [4.69, 9.17) is 24.7 Å². The molecular weight excluding hydrogens is 648 g/mol. The molecule has 4 aromatic rings. The van der Waals surface area contributed by atoms with Gasteiger partial charge in [-0.2, -0.15) is 5.26 Å². The first-order valence-corrected chi connectivity index (χ1v) is 14.8. The van der Waals surface area contributed by atoms with Crippen LogP contribution < -0.4 is 44.8 Å². The van der Waals surface area contributed by atoms with E-state index in [1.165, 1.54) is 33.0 Å². The van der Waals surface area contributed by atoms with Crippen LogP contribution >= 0.6 is 27.3 Å². The maximum Gasteiger partial charge on any atom is 0.274 e. The molecule has 0 aliphatic carbocycles. The van der Waals surface area contributed by atoms with Crippen molar-refractivity contribution >= 4 is 56.3 Å². The van der Waals surface area contributed by atoms with E-state index in [0.29, 0.717) is 39.8 Å². The second kappa shape index (κ2) is 12.7. The lowest BCUT2D eigenvalue weighted by atomic mass is 9.82. The number of para-hydroxylation sites is 2. The molecule has 1 amide bonds. The molecule has 3 N–H and O–H groups in total. The maximum atomic E-state index is 14.2. The minimum absolute atomic E-state index is 0.00965. The summed E-state index contributed by atoms with van der Waals surface area (Å²) >= 11 is 4.48. The van der Waals surface area contributed by atoms with Crippen molar-refractivity contribution in [2.24, 2.45) is 5.73 Å². The number of carbonyl (C=O) groups excluding carboxylic acids is 1. The molecule has 10 nitrogen and oxygen atoms in total. The molecule has 1 aromatic heterocycles. The number of methoxy groups -OCH3 is 4. The van der Waals surface area contributed by atoms with E-state index >= 15 is 0 Å². The monoisotopic (exact) mass is 674 g/mol. The van der Waals surface area contributed by atoms with Gasteiger partial charge in [-0.15, -0.1) is 11.3 Å². The third kappa shape index (κ3) is 5.32. The Labute approximate surface area is 265 Å². The van der Waals surface area contributed by atoms with Crippen molar-refractivity contribution in [2.75, 3.05) is 33.8 Å². The Balaban J connectivity index is 1.86. The SMILES string of the molecule is COc1cccc(/C=c2\sc3n(c2=O)C(N)=C(C#N)C(c2cccc(OC)c2OC)C=3C(=O)Nc2ccc(Br)cc2)c1OC. The molecule has 224 valence electrons.